The van der Waals surface area contributed by atoms with Gasteiger partial charge in [-0.1, -0.05) is 48.0 Å². The van der Waals surface area contributed by atoms with Gasteiger partial charge in [-0.25, -0.2) is 0 Å². The van der Waals surface area contributed by atoms with E-state index in [4.69, 9.17) is 16.3 Å². The highest BCUT2D eigenvalue weighted by molar-refractivity contribution is 6.30. The molecule has 1 heterocycles. The van der Waals surface area contributed by atoms with Crippen LogP contribution in [-0.4, -0.2) is 4.57 Å². The van der Waals surface area contributed by atoms with Crippen molar-refractivity contribution in [2.24, 2.45) is 0 Å². The molecule has 1 aromatic heterocycles. The predicted octanol–water partition coefficient (Wildman–Crippen LogP) is 5.36. The van der Waals surface area contributed by atoms with Crippen LogP contribution in [0.1, 0.15) is 11.1 Å². The smallest absolute Gasteiger partial charge is 0.417 e. The highest BCUT2D eigenvalue weighted by Crippen LogP contribution is 2.30. The molecule has 3 rings (SSSR count). The Balaban J connectivity index is 1.97. The second kappa shape index (κ2) is 7.25. The summed E-state index contributed by atoms with van der Waals surface area (Å²) in [4.78, 5) is 12.1. The number of benzene rings is 2. The number of halogens is 4. The number of hydrogen-bond acceptors (Lipinski definition) is 2. The topological polar surface area (TPSA) is 31.2 Å². The molecule has 0 radical (unpaired) electrons. The van der Waals surface area contributed by atoms with Crippen molar-refractivity contribution < 1.29 is 17.9 Å². The van der Waals surface area contributed by atoms with E-state index < -0.39 is 22.3 Å². The van der Waals surface area contributed by atoms with Gasteiger partial charge in [0.2, 0.25) is 0 Å². The Bertz CT molecular complexity index is 969. The maximum Gasteiger partial charge on any atom is 0.417 e. The van der Waals surface area contributed by atoms with Gasteiger partial charge in [0.05, 0.1) is 12.1 Å². The fourth-order valence-electron chi connectivity index (χ4n) is 2.40. The minimum absolute atomic E-state index is 0.106. The van der Waals surface area contributed by atoms with E-state index in [9.17, 15) is 18.0 Å². The largest absolute Gasteiger partial charge is 0.457 e. The SMILES string of the molecule is O=c1c(Cl)cc(C(F)(F)F)cn1Cc1ccccc1Oc1ccccc1. The highest BCUT2D eigenvalue weighted by atomic mass is 35.5. The summed E-state index contributed by atoms with van der Waals surface area (Å²) in [6, 6.07) is 16.4. The minimum Gasteiger partial charge on any atom is -0.457 e. The molecule has 0 saturated carbocycles. The van der Waals surface area contributed by atoms with Gasteiger partial charge < -0.3 is 9.30 Å². The zero-order chi connectivity index (χ0) is 18.7. The van der Waals surface area contributed by atoms with Crippen LogP contribution in [0.4, 0.5) is 13.2 Å². The van der Waals surface area contributed by atoms with Crippen LogP contribution in [0.2, 0.25) is 5.02 Å². The van der Waals surface area contributed by atoms with Gasteiger partial charge in [-0.2, -0.15) is 13.2 Å². The van der Waals surface area contributed by atoms with Gasteiger partial charge >= 0.3 is 6.18 Å². The van der Waals surface area contributed by atoms with Crippen molar-refractivity contribution in [2.75, 3.05) is 0 Å². The Hall–Kier alpha value is -2.73. The van der Waals surface area contributed by atoms with Crippen molar-refractivity contribution in [3.8, 4) is 11.5 Å². The molecule has 0 fully saturated rings. The van der Waals surface area contributed by atoms with Crippen molar-refractivity contribution in [3.63, 3.8) is 0 Å². The molecule has 3 aromatic rings. The van der Waals surface area contributed by atoms with Gasteiger partial charge in [-0.05, 0) is 24.3 Å². The van der Waals surface area contributed by atoms with Crippen LogP contribution in [0.3, 0.4) is 0 Å². The van der Waals surface area contributed by atoms with Crippen LogP contribution < -0.4 is 10.3 Å². The molecule has 0 aliphatic heterocycles. The van der Waals surface area contributed by atoms with Crippen molar-refractivity contribution >= 4 is 11.6 Å². The molecule has 0 saturated heterocycles. The summed E-state index contributed by atoms with van der Waals surface area (Å²) >= 11 is 5.70. The second-order valence-corrected chi connectivity index (χ2v) is 5.94. The Kier molecular flexibility index (Phi) is 5.04. The zero-order valence-corrected chi connectivity index (χ0v) is 14.1. The molecule has 0 N–H and O–H groups in total. The van der Waals surface area contributed by atoms with Crippen LogP contribution in [0, 0.1) is 0 Å². The number of ether oxygens (including phenoxy) is 1. The molecular weight excluding hydrogens is 367 g/mol. The minimum atomic E-state index is -4.60. The Morgan fingerprint density at radius 1 is 1.00 bits per heavy atom. The molecule has 0 spiro atoms. The number of hydrogen-bond donors (Lipinski definition) is 0. The molecule has 26 heavy (non-hydrogen) atoms. The number of alkyl halides is 3. The lowest BCUT2D eigenvalue weighted by Gasteiger charge is -2.14. The molecule has 0 amide bonds. The molecule has 3 nitrogen and oxygen atoms in total. The zero-order valence-electron chi connectivity index (χ0n) is 13.3. The summed E-state index contributed by atoms with van der Waals surface area (Å²) in [5, 5.41) is -0.485. The summed E-state index contributed by atoms with van der Waals surface area (Å²) in [7, 11) is 0. The lowest BCUT2D eigenvalue weighted by molar-refractivity contribution is -0.138. The monoisotopic (exact) mass is 379 g/mol. The molecule has 0 atom stereocenters. The number of para-hydroxylation sites is 2. The number of pyridine rings is 1. The predicted molar refractivity (Wildman–Crippen MR) is 92.8 cm³/mol. The third kappa shape index (κ3) is 4.08. The van der Waals surface area contributed by atoms with Gasteiger partial charge in [0.25, 0.3) is 5.56 Å². The maximum atomic E-state index is 13.0. The Morgan fingerprint density at radius 3 is 2.35 bits per heavy atom. The average molecular weight is 380 g/mol. The van der Waals surface area contributed by atoms with E-state index in [1.807, 2.05) is 6.07 Å². The summed E-state index contributed by atoms with van der Waals surface area (Å²) in [5.74, 6) is 1.02. The fourth-order valence-corrected chi connectivity index (χ4v) is 2.63. The Labute approximate surface area is 152 Å². The fraction of sp³-hybridized carbons (Fsp3) is 0.105. The number of nitrogens with zero attached hydrogens (tertiary/aromatic N) is 1. The van der Waals surface area contributed by atoms with E-state index in [-0.39, 0.29) is 6.54 Å². The first-order valence-electron chi connectivity index (χ1n) is 7.62. The average Bonchev–Trinajstić information content (AvgIpc) is 2.60. The van der Waals surface area contributed by atoms with Gasteiger partial charge in [0.15, 0.2) is 0 Å². The lowest BCUT2D eigenvalue weighted by Crippen LogP contribution is -2.23. The van der Waals surface area contributed by atoms with Crippen LogP contribution in [-0.2, 0) is 12.7 Å². The van der Waals surface area contributed by atoms with E-state index in [2.05, 4.69) is 0 Å². The first-order valence-corrected chi connectivity index (χ1v) is 8.00. The molecular formula is C19H13ClF3NO2. The lowest BCUT2D eigenvalue weighted by atomic mass is 10.2. The first kappa shape index (κ1) is 18.1. The highest BCUT2D eigenvalue weighted by Gasteiger charge is 2.32. The summed E-state index contributed by atoms with van der Waals surface area (Å²) in [5.41, 5.74) is -1.13. The van der Waals surface area contributed by atoms with Crippen molar-refractivity contribution in [1.29, 1.82) is 0 Å². The standard InChI is InChI=1S/C19H13ClF3NO2/c20-16-10-14(19(21,22)23)12-24(18(16)25)11-13-6-4-5-9-17(13)26-15-7-2-1-3-8-15/h1-10,12H,11H2. The second-order valence-electron chi connectivity index (χ2n) is 5.53. The normalized spacial score (nSPS) is 11.4. The molecule has 0 unspecified atom stereocenters. The van der Waals surface area contributed by atoms with Crippen molar-refractivity contribution in [1.82, 2.24) is 4.57 Å². The third-order valence-electron chi connectivity index (χ3n) is 3.65. The Morgan fingerprint density at radius 2 is 1.65 bits per heavy atom. The maximum absolute atomic E-state index is 13.0. The third-order valence-corrected chi connectivity index (χ3v) is 3.92. The van der Waals surface area contributed by atoms with Gasteiger partial charge in [0.1, 0.15) is 16.5 Å². The van der Waals surface area contributed by atoms with Gasteiger partial charge in [-0.15, -0.1) is 0 Å². The van der Waals surface area contributed by atoms with E-state index >= 15 is 0 Å². The first-order chi connectivity index (χ1) is 12.3. The van der Waals surface area contributed by atoms with E-state index in [0.717, 1.165) is 10.8 Å². The molecule has 0 bridgehead atoms. The van der Waals surface area contributed by atoms with Crippen LogP contribution >= 0.6 is 11.6 Å². The van der Waals surface area contributed by atoms with E-state index in [0.29, 0.717) is 23.1 Å². The summed E-state index contributed by atoms with van der Waals surface area (Å²) < 4.78 is 45.7. The molecule has 0 aliphatic rings. The van der Waals surface area contributed by atoms with Gasteiger partial charge in [0, 0.05) is 11.8 Å². The summed E-state index contributed by atoms with van der Waals surface area (Å²) in [6.45, 7) is -0.106. The van der Waals surface area contributed by atoms with E-state index in [1.165, 1.54) is 0 Å². The van der Waals surface area contributed by atoms with E-state index in [1.54, 1.807) is 48.5 Å². The number of aromatic nitrogens is 1. The van der Waals surface area contributed by atoms with Gasteiger partial charge in [-0.3, -0.25) is 4.79 Å². The van der Waals surface area contributed by atoms with Crippen molar-refractivity contribution in [2.45, 2.75) is 12.7 Å². The van der Waals surface area contributed by atoms with Crippen LogP contribution in [0.5, 0.6) is 11.5 Å². The van der Waals surface area contributed by atoms with Crippen LogP contribution in [0.15, 0.2) is 71.7 Å². The molecule has 7 heteroatoms. The van der Waals surface area contributed by atoms with Crippen LogP contribution in [0.25, 0.3) is 0 Å². The van der Waals surface area contributed by atoms with Crippen molar-refractivity contribution in [3.05, 3.63) is 93.4 Å². The molecule has 134 valence electrons. The number of rotatable bonds is 4. The summed E-state index contributed by atoms with van der Waals surface area (Å²) in [6.07, 6.45) is -3.84. The quantitative estimate of drug-likeness (QED) is 0.611. The molecule has 2 aromatic carbocycles. The molecule has 0 aliphatic carbocycles.